The number of carbonyl (C=O) groups is 1. The highest BCUT2D eigenvalue weighted by Crippen LogP contribution is 2.31. The molecule has 0 amide bonds. The molecule has 2 aromatic rings. The number of hydrogen-bond acceptors (Lipinski definition) is 5. The maximum atomic E-state index is 13.0. The van der Waals surface area contributed by atoms with Gasteiger partial charge >= 0.3 is 19.3 Å². The average molecular weight is 328 g/mol. The fourth-order valence-corrected chi connectivity index (χ4v) is 1.85. The van der Waals surface area contributed by atoms with Crippen LogP contribution in [0, 0.1) is 0 Å². The summed E-state index contributed by atoms with van der Waals surface area (Å²) in [6.07, 6.45) is -2.42. The van der Waals surface area contributed by atoms with Crippen molar-refractivity contribution in [1.29, 1.82) is 0 Å². The molecular formula is C13H12BF3N2O4. The van der Waals surface area contributed by atoms with E-state index in [9.17, 15) is 18.0 Å². The highest BCUT2D eigenvalue weighted by molar-refractivity contribution is 6.58. The van der Waals surface area contributed by atoms with Gasteiger partial charge in [0.15, 0.2) is 0 Å². The van der Waals surface area contributed by atoms with Crippen molar-refractivity contribution in [2.24, 2.45) is 0 Å². The van der Waals surface area contributed by atoms with Gasteiger partial charge in [0.05, 0.1) is 23.4 Å². The summed E-state index contributed by atoms with van der Waals surface area (Å²) in [5, 5.41) is 21.8. The van der Waals surface area contributed by atoms with Crippen LogP contribution < -0.4 is 5.46 Å². The number of halogens is 3. The largest absolute Gasteiger partial charge is 0.491 e. The van der Waals surface area contributed by atoms with Gasteiger partial charge in [-0.3, -0.25) is 0 Å². The van der Waals surface area contributed by atoms with Gasteiger partial charge in [0.1, 0.15) is 0 Å². The van der Waals surface area contributed by atoms with E-state index >= 15 is 0 Å². The molecule has 10 heteroatoms. The topological polar surface area (TPSA) is 84.6 Å². The Bertz CT molecular complexity index is 715. The molecule has 0 bridgehead atoms. The minimum atomic E-state index is -4.66. The standard InChI is InChI=1S/C13H12BF3N2O4/c1-2-23-12(20)8-3-9(13(15,16)17)5-11(4-8)19-7-10(6-18-19)14(21)22/h3-7,21-22H,2H2,1H3. The third kappa shape index (κ3) is 3.90. The average Bonchev–Trinajstić information content (AvgIpc) is 2.96. The lowest BCUT2D eigenvalue weighted by Crippen LogP contribution is -2.28. The molecule has 6 nitrogen and oxygen atoms in total. The number of esters is 1. The second kappa shape index (κ2) is 6.43. The number of benzene rings is 1. The lowest BCUT2D eigenvalue weighted by atomic mass is 9.83. The van der Waals surface area contributed by atoms with Crippen molar-refractivity contribution < 1.29 is 32.8 Å². The van der Waals surface area contributed by atoms with Crippen molar-refractivity contribution in [2.75, 3.05) is 6.61 Å². The second-order valence-corrected chi connectivity index (χ2v) is 4.58. The molecular weight excluding hydrogens is 316 g/mol. The number of hydrogen-bond donors (Lipinski definition) is 2. The Hall–Kier alpha value is -2.33. The number of ether oxygens (including phenoxy) is 1. The Labute approximate surface area is 129 Å². The smallest absolute Gasteiger partial charge is 0.462 e. The van der Waals surface area contributed by atoms with Crippen molar-refractivity contribution in [3.63, 3.8) is 0 Å². The van der Waals surface area contributed by atoms with E-state index in [0.717, 1.165) is 23.1 Å². The molecule has 2 rings (SSSR count). The predicted octanol–water partition coefficient (Wildman–Crippen LogP) is 0.748. The number of aromatic nitrogens is 2. The fourth-order valence-electron chi connectivity index (χ4n) is 1.85. The molecule has 0 saturated carbocycles. The van der Waals surface area contributed by atoms with Crippen molar-refractivity contribution in [3.8, 4) is 5.69 Å². The molecule has 0 aliphatic heterocycles. The zero-order valence-electron chi connectivity index (χ0n) is 11.9. The monoisotopic (exact) mass is 328 g/mol. The van der Waals surface area contributed by atoms with E-state index in [1.54, 1.807) is 0 Å². The van der Waals surface area contributed by atoms with Crippen molar-refractivity contribution in [2.45, 2.75) is 13.1 Å². The summed E-state index contributed by atoms with van der Waals surface area (Å²) in [5.74, 6) is -0.894. The Morgan fingerprint density at radius 1 is 1.35 bits per heavy atom. The summed E-state index contributed by atoms with van der Waals surface area (Å²) in [6.45, 7) is 1.56. The molecule has 0 aliphatic rings. The first-order valence-electron chi connectivity index (χ1n) is 6.53. The van der Waals surface area contributed by atoms with Gasteiger partial charge in [-0.2, -0.15) is 18.3 Å². The molecule has 0 unspecified atom stereocenters. The van der Waals surface area contributed by atoms with Crippen LogP contribution in [-0.2, 0) is 10.9 Å². The van der Waals surface area contributed by atoms with Crippen LogP contribution in [0.1, 0.15) is 22.8 Å². The van der Waals surface area contributed by atoms with E-state index in [0.29, 0.717) is 6.07 Å². The van der Waals surface area contributed by atoms with Gasteiger partial charge in [0.25, 0.3) is 0 Å². The molecule has 1 aromatic heterocycles. The van der Waals surface area contributed by atoms with Crippen LogP contribution in [0.15, 0.2) is 30.6 Å². The summed E-state index contributed by atoms with van der Waals surface area (Å²) in [7, 11) is -1.81. The van der Waals surface area contributed by atoms with Gasteiger partial charge in [-0.15, -0.1) is 0 Å². The van der Waals surface area contributed by atoms with Gasteiger partial charge in [-0.05, 0) is 25.1 Å². The summed E-state index contributed by atoms with van der Waals surface area (Å²) in [5.41, 5.74) is -1.38. The Balaban J connectivity index is 2.53. The molecule has 0 fully saturated rings. The number of rotatable bonds is 4. The summed E-state index contributed by atoms with van der Waals surface area (Å²) in [6, 6.07) is 2.66. The molecule has 0 radical (unpaired) electrons. The molecule has 1 heterocycles. The summed E-state index contributed by atoms with van der Waals surface area (Å²) < 4.78 is 44.7. The van der Waals surface area contributed by atoms with Gasteiger partial charge in [-0.1, -0.05) is 0 Å². The molecule has 23 heavy (non-hydrogen) atoms. The van der Waals surface area contributed by atoms with E-state index in [4.69, 9.17) is 14.8 Å². The van der Waals surface area contributed by atoms with Crippen LogP contribution >= 0.6 is 0 Å². The van der Waals surface area contributed by atoms with Crippen LogP contribution in [0.2, 0.25) is 0 Å². The number of carbonyl (C=O) groups excluding carboxylic acids is 1. The van der Waals surface area contributed by atoms with E-state index in [1.165, 1.54) is 13.0 Å². The fraction of sp³-hybridized carbons (Fsp3) is 0.231. The van der Waals surface area contributed by atoms with E-state index in [-0.39, 0.29) is 23.3 Å². The first-order chi connectivity index (χ1) is 10.7. The Morgan fingerprint density at radius 2 is 2.04 bits per heavy atom. The highest BCUT2D eigenvalue weighted by atomic mass is 19.4. The molecule has 1 aromatic carbocycles. The van der Waals surface area contributed by atoms with Crippen LogP contribution in [-0.4, -0.2) is 39.5 Å². The van der Waals surface area contributed by atoms with Crippen LogP contribution in [0.3, 0.4) is 0 Å². The van der Waals surface area contributed by atoms with Gasteiger partial charge in [0, 0.05) is 17.9 Å². The lowest BCUT2D eigenvalue weighted by Gasteiger charge is -2.12. The maximum Gasteiger partial charge on any atom is 0.491 e. The molecule has 2 N–H and O–H groups in total. The second-order valence-electron chi connectivity index (χ2n) is 4.58. The molecule has 0 atom stereocenters. The quantitative estimate of drug-likeness (QED) is 0.639. The van der Waals surface area contributed by atoms with Crippen molar-refractivity contribution in [3.05, 3.63) is 41.7 Å². The first kappa shape index (κ1) is 17.0. The van der Waals surface area contributed by atoms with Crippen LogP contribution in [0.4, 0.5) is 13.2 Å². The maximum absolute atomic E-state index is 13.0. The Morgan fingerprint density at radius 3 is 2.57 bits per heavy atom. The molecule has 122 valence electrons. The lowest BCUT2D eigenvalue weighted by molar-refractivity contribution is -0.137. The first-order valence-corrected chi connectivity index (χ1v) is 6.53. The zero-order chi connectivity index (χ0) is 17.2. The summed E-state index contributed by atoms with van der Waals surface area (Å²) >= 11 is 0. The van der Waals surface area contributed by atoms with Gasteiger partial charge in [-0.25, -0.2) is 9.48 Å². The molecule has 0 aliphatic carbocycles. The minimum Gasteiger partial charge on any atom is -0.462 e. The summed E-state index contributed by atoms with van der Waals surface area (Å²) in [4.78, 5) is 11.7. The van der Waals surface area contributed by atoms with E-state index in [1.807, 2.05) is 0 Å². The third-order valence-corrected chi connectivity index (χ3v) is 2.92. The molecule has 0 spiro atoms. The minimum absolute atomic E-state index is 0.0000893. The highest BCUT2D eigenvalue weighted by Gasteiger charge is 2.32. The Kier molecular flexibility index (Phi) is 4.76. The number of nitrogens with zero attached hydrogens (tertiary/aromatic N) is 2. The van der Waals surface area contributed by atoms with E-state index < -0.39 is 24.8 Å². The van der Waals surface area contributed by atoms with Crippen LogP contribution in [0.5, 0.6) is 0 Å². The molecule has 0 saturated heterocycles. The zero-order valence-corrected chi connectivity index (χ0v) is 11.9. The predicted molar refractivity (Wildman–Crippen MR) is 74.3 cm³/mol. The number of alkyl halides is 3. The van der Waals surface area contributed by atoms with Gasteiger partial charge < -0.3 is 14.8 Å². The van der Waals surface area contributed by atoms with Crippen molar-refractivity contribution in [1.82, 2.24) is 9.78 Å². The SMILES string of the molecule is CCOC(=O)c1cc(-n2cc(B(O)O)cn2)cc(C(F)(F)F)c1. The van der Waals surface area contributed by atoms with Crippen LogP contribution in [0.25, 0.3) is 5.69 Å². The van der Waals surface area contributed by atoms with E-state index in [2.05, 4.69) is 5.10 Å². The third-order valence-electron chi connectivity index (χ3n) is 2.92. The van der Waals surface area contributed by atoms with Gasteiger partial charge in [0.2, 0.25) is 0 Å². The van der Waals surface area contributed by atoms with Crippen molar-refractivity contribution >= 4 is 18.6 Å². The normalized spacial score (nSPS) is 11.4.